The summed E-state index contributed by atoms with van der Waals surface area (Å²) in [6.45, 7) is 4.90. The molecule has 4 rings (SSSR count). The summed E-state index contributed by atoms with van der Waals surface area (Å²) in [6.07, 6.45) is 3.19. The van der Waals surface area contributed by atoms with Crippen LogP contribution in [-0.4, -0.2) is 52.8 Å². The van der Waals surface area contributed by atoms with E-state index in [1.165, 1.54) is 0 Å². The first-order valence-corrected chi connectivity index (χ1v) is 10.2. The van der Waals surface area contributed by atoms with Crippen molar-refractivity contribution >= 4 is 29.2 Å². The lowest BCUT2D eigenvalue weighted by Crippen LogP contribution is -2.38. The fourth-order valence-electron chi connectivity index (χ4n) is 4.24. The highest BCUT2D eigenvalue weighted by Gasteiger charge is 2.36. The SMILES string of the molecule is CC(=O)N(C)[C@H]1CCN(C(=O)c2cnc3c(c2)CC(C)(c2ccc(Cl)cc2)N3)C1. The molecule has 7 heteroatoms. The largest absolute Gasteiger partial charge is 0.360 e. The molecule has 2 aliphatic rings. The van der Waals surface area contributed by atoms with Crippen LogP contribution in [0.3, 0.4) is 0 Å². The Hall–Kier alpha value is -2.60. The van der Waals surface area contributed by atoms with Gasteiger partial charge in [0.1, 0.15) is 5.82 Å². The van der Waals surface area contributed by atoms with Crippen LogP contribution in [-0.2, 0) is 16.8 Å². The van der Waals surface area contributed by atoms with E-state index in [2.05, 4.69) is 17.2 Å². The van der Waals surface area contributed by atoms with E-state index < -0.39 is 0 Å². The van der Waals surface area contributed by atoms with E-state index in [0.29, 0.717) is 23.7 Å². The first-order chi connectivity index (χ1) is 13.8. The topological polar surface area (TPSA) is 65.5 Å². The lowest BCUT2D eigenvalue weighted by molar-refractivity contribution is -0.129. The van der Waals surface area contributed by atoms with Crippen LogP contribution in [0.15, 0.2) is 36.5 Å². The lowest BCUT2D eigenvalue weighted by atomic mass is 9.89. The molecule has 2 atom stereocenters. The molecule has 1 unspecified atom stereocenters. The number of anilines is 1. The number of likely N-dealkylation sites (N-methyl/N-ethyl adjacent to an activating group) is 1. The van der Waals surface area contributed by atoms with Crippen LogP contribution < -0.4 is 5.32 Å². The van der Waals surface area contributed by atoms with Gasteiger partial charge in [-0.3, -0.25) is 9.59 Å². The molecule has 3 heterocycles. The first-order valence-electron chi connectivity index (χ1n) is 9.83. The third kappa shape index (κ3) is 3.69. The molecule has 0 aliphatic carbocycles. The van der Waals surface area contributed by atoms with Gasteiger partial charge in [0, 0.05) is 44.7 Å². The quantitative estimate of drug-likeness (QED) is 0.839. The molecule has 1 fully saturated rings. The van der Waals surface area contributed by atoms with E-state index in [1.54, 1.807) is 25.1 Å². The van der Waals surface area contributed by atoms with Gasteiger partial charge in [0.05, 0.1) is 17.1 Å². The molecular weight excluding hydrogens is 388 g/mol. The summed E-state index contributed by atoms with van der Waals surface area (Å²) < 4.78 is 0. The Balaban J connectivity index is 1.50. The number of carbonyl (C=O) groups is 2. The van der Waals surface area contributed by atoms with Gasteiger partial charge in [0.15, 0.2) is 0 Å². The maximum absolute atomic E-state index is 13.0. The lowest BCUT2D eigenvalue weighted by Gasteiger charge is -2.25. The minimum atomic E-state index is -0.287. The Morgan fingerprint density at radius 2 is 2.03 bits per heavy atom. The highest BCUT2D eigenvalue weighted by molar-refractivity contribution is 6.30. The molecule has 152 valence electrons. The van der Waals surface area contributed by atoms with Crippen LogP contribution in [0.2, 0.25) is 5.02 Å². The zero-order chi connectivity index (χ0) is 20.8. The third-order valence-electron chi connectivity index (χ3n) is 6.13. The number of carbonyl (C=O) groups excluding carboxylic acids is 2. The number of likely N-dealkylation sites (tertiary alicyclic amines) is 1. The normalized spacial score (nSPS) is 22.9. The van der Waals surface area contributed by atoms with Gasteiger partial charge in [-0.05, 0) is 42.7 Å². The Morgan fingerprint density at radius 3 is 2.72 bits per heavy atom. The summed E-state index contributed by atoms with van der Waals surface area (Å²) in [4.78, 5) is 32.7. The van der Waals surface area contributed by atoms with Crippen LogP contribution in [0.1, 0.15) is 41.8 Å². The minimum absolute atomic E-state index is 0.0241. The standard InChI is InChI=1S/C22H25ClN4O2/c1-14(28)26(3)19-8-9-27(13-19)21(29)16-10-15-11-22(2,25-20(15)24-12-16)17-4-6-18(23)7-5-17/h4-7,10,12,19H,8-9,11,13H2,1-3H3,(H,24,25)/t19-,22?/m0/s1. The number of aromatic nitrogens is 1. The predicted octanol–water partition coefficient (Wildman–Crippen LogP) is 3.31. The van der Waals surface area contributed by atoms with Crippen molar-refractivity contribution in [1.29, 1.82) is 0 Å². The zero-order valence-corrected chi connectivity index (χ0v) is 17.7. The van der Waals surface area contributed by atoms with Crippen LogP contribution >= 0.6 is 11.6 Å². The Labute approximate surface area is 175 Å². The molecule has 0 saturated carbocycles. The Kier molecular flexibility index (Phi) is 4.99. The monoisotopic (exact) mass is 412 g/mol. The van der Waals surface area contributed by atoms with Gasteiger partial charge in [-0.25, -0.2) is 4.98 Å². The number of pyridine rings is 1. The summed E-state index contributed by atoms with van der Waals surface area (Å²) in [5, 5.41) is 4.20. The first kappa shape index (κ1) is 19.7. The molecule has 29 heavy (non-hydrogen) atoms. The van der Waals surface area contributed by atoms with E-state index in [0.717, 1.165) is 29.8 Å². The summed E-state index contributed by atoms with van der Waals surface area (Å²) >= 11 is 6.02. The van der Waals surface area contributed by atoms with Gasteiger partial charge in [-0.1, -0.05) is 23.7 Å². The van der Waals surface area contributed by atoms with E-state index >= 15 is 0 Å². The van der Waals surface area contributed by atoms with Crippen molar-refractivity contribution in [1.82, 2.24) is 14.8 Å². The molecule has 2 aromatic rings. The second-order valence-electron chi connectivity index (χ2n) is 8.20. The molecule has 2 amide bonds. The molecule has 1 aromatic carbocycles. The Morgan fingerprint density at radius 1 is 1.31 bits per heavy atom. The van der Waals surface area contributed by atoms with E-state index in [-0.39, 0.29) is 23.4 Å². The number of fused-ring (bicyclic) bond motifs is 1. The fraction of sp³-hybridized carbons (Fsp3) is 0.409. The number of hydrogen-bond acceptors (Lipinski definition) is 4. The predicted molar refractivity (Wildman–Crippen MR) is 113 cm³/mol. The van der Waals surface area contributed by atoms with Crippen molar-refractivity contribution < 1.29 is 9.59 Å². The van der Waals surface area contributed by atoms with Gasteiger partial charge in [-0.2, -0.15) is 0 Å². The minimum Gasteiger partial charge on any atom is -0.360 e. The van der Waals surface area contributed by atoms with Crippen LogP contribution in [0.4, 0.5) is 5.82 Å². The van der Waals surface area contributed by atoms with Crippen molar-refractivity contribution in [2.45, 2.75) is 38.3 Å². The van der Waals surface area contributed by atoms with Gasteiger partial charge in [-0.15, -0.1) is 0 Å². The number of amides is 2. The van der Waals surface area contributed by atoms with Crippen LogP contribution in [0.5, 0.6) is 0 Å². The molecule has 0 bridgehead atoms. The van der Waals surface area contributed by atoms with Gasteiger partial charge in [0.25, 0.3) is 5.91 Å². The van der Waals surface area contributed by atoms with Gasteiger partial charge in [0.2, 0.25) is 5.91 Å². The molecule has 1 saturated heterocycles. The van der Waals surface area contributed by atoms with Crippen LogP contribution in [0.25, 0.3) is 0 Å². The van der Waals surface area contributed by atoms with Crippen molar-refractivity contribution in [3.05, 3.63) is 58.2 Å². The van der Waals surface area contributed by atoms with Crippen molar-refractivity contribution in [3.8, 4) is 0 Å². The summed E-state index contributed by atoms with van der Waals surface area (Å²) in [5.74, 6) is 0.811. The number of nitrogens with zero attached hydrogens (tertiary/aromatic N) is 3. The van der Waals surface area contributed by atoms with Gasteiger partial charge >= 0.3 is 0 Å². The summed E-state index contributed by atoms with van der Waals surface area (Å²) in [5.41, 5.74) is 2.47. The van der Waals surface area contributed by atoms with E-state index in [1.807, 2.05) is 35.2 Å². The molecular formula is C22H25ClN4O2. The molecule has 0 radical (unpaired) electrons. The highest BCUT2D eigenvalue weighted by atomic mass is 35.5. The van der Waals surface area contributed by atoms with Gasteiger partial charge < -0.3 is 15.1 Å². The maximum atomic E-state index is 13.0. The molecule has 2 aliphatic heterocycles. The average Bonchev–Trinajstić information content (AvgIpc) is 3.31. The van der Waals surface area contributed by atoms with E-state index in [9.17, 15) is 9.59 Å². The maximum Gasteiger partial charge on any atom is 0.255 e. The molecule has 1 N–H and O–H groups in total. The number of halogens is 1. The molecule has 6 nitrogen and oxygen atoms in total. The summed E-state index contributed by atoms with van der Waals surface area (Å²) in [6, 6.07) is 9.83. The second-order valence-corrected chi connectivity index (χ2v) is 8.63. The number of hydrogen-bond donors (Lipinski definition) is 1. The third-order valence-corrected chi connectivity index (χ3v) is 6.38. The average molecular weight is 413 g/mol. The smallest absolute Gasteiger partial charge is 0.255 e. The number of nitrogens with one attached hydrogen (secondary N) is 1. The number of benzene rings is 1. The van der Waals surface area contributed by atoms with E-state index in [4.69, 9.17) is 11.6 Å². The second kappa shape index (κ2) is 7.34. The Bertz CT molecular complexity index is 962. The zero-order valence-electron chi connectivity index (χ0n) is 16.9. The van der Waals surface area contributed by atoms with Crippen molar-refractivity contribution in [2.75, 3.05) is 25.5 Å². The van der Waals surface area contributed by atoms with Crippen LogP contribution in [0, 0.1) is 0 Å². The fourth-order valence-corrected chi connectivity index (χ4v) is 4.36. The molecule has 0 spiro atoms. The molecule has 1 aromatic heterocycles. The highest BCUT2D eigenvalue weighted by Crippen LogP contribution is 2.38. The van der Waals surface area contributed by atoms with Crippen molar-refractivity contribution in [3.63, 3.8) is 0 Å². The number of rotatable bonds is 3. The summed E-state index contributed by atoms with van der Waals surface area (Å²) in [7, 11) is 1.79. The van der Waals surface area contributed by atoms with Crippen molar-refractivity contribution in [2.24, 2.45) is 0 Å².